The van der Waals surface area contributed by atoms with Crippen molar-refractivity contribution >= 4 is 0 Å². The van der Waals surface area contributed by atoms with Crippen LogP contribution in [0, 0.1) is 5.92 Å². The zero-order chi connectivity index (χ0) is 22.2. The van der Waals surface area contributed by atoms with Gasteiger partial charge in [-0.2, -0.15) is 0 Å². The lowest BCUT2D eigenvalue weighted by Gasteiger charge is -2.28. The first-order valence-corrected chi connectivity index (χ1v) is 12.6. The van der Waals surface area contributed by atoms with Crippen molar-refractivity contribution in [1.29, 1.82) is 0 Å². The minimum atomic E-state index is 0.541. The molecule has 0 aromatic heterocycles. The minimum absolute atomic E-state index is 0.541. The van der Waals surface area contributed by atoms with E-state index in [2.05, 4.69) is 105 Å². The van der Waals surface area contributed by atoms with Crippen molar-refractivity contribution in [2.75, 3.05) is 0 Å². The fraction of sp³-hybridized carbons (Fsp3) is 0.375. The summed E-state index contributed by atoms with van der Waals surface area (Å²) in [4.78, 5) is 0. The molecule has 1 aliphatic carbocycles. The highest BCUT2D eigenvalue weighted by molar-refractivity contribution is 5.64. The van der Waals surface area contributed by atoms with E-state index in [4.69, 9.17) is 0 Å². The fourth-order valence-electron chi connectivity index (χ4n) is 5.32. The van der Waals surface area contributed by atoms with Crippen LogP contribution in [-0.4, -0.2) is 0 Å². The smallest absolute Gasteiger partial charge is 0.0150 e. The van der Waals surface area contributed by atoms with Crippen molar-refractivity contribution in [2.45, 2.75) is 70.6 Å². The summed E-state index contributed by atoms with van der Waals surface area (Å²) >= 11 is 0. The van der Waals surface area contributed by atoms with Gasteiger partial charge in [0, 0.05) is 0 Å². The molecule has 0 nitrogen and oxygen atoms in total. The van der Waals surface area contributed by atoms with E-state index in [1.807, 2.05) is 0 Å². The van der Waals surface area contributed by atoms with E-state index in [-0.39, 0.29) is 0 Å². The highest BCUT2D eigenvalue weighted by atomic mass is 14.3. The summed E-state index contributed by atoms with van der Waals surface area (Å²) in [5.74, 6) is 2.23. The van der Waals surface area contributed by atoms with Gasteiger partial charge in [-0.1, -0.05) is 97.9 Å². The summed E-state index contributed by atoms with van der Waals surface area (Å²) in [6.07, 6.45) is 13.7. The van der Waals surface area contributed by atoms with Crippen LogP contribution in [0.1, 0.15) is 80.9 Å². The first-order valence-electron chi connectivity index (χ1n) is 12.6. The molecule has 0 saturated heterocycles. The Morgan fingerprint density at radius 3 is 2.03 bits per heavy atom. The van der Waals surface area contributed by atoms with Crippen molar-refractivity contribution in [2.24, 2.45) is 5.92 Å². The Kier molecular flexibility index (Phi) is 7.99. The van der Waals surface area contributed by atoms with Crippen molar-refractivity contribution in [3.05, 3.63) is 108 Å². The van der Waals surface area contributed by atoms with E-state index in [9.17, 15) is 0 Å². The van der Waals surface area contributed by atoms with Crippen LogP contribution < -0.4 is 0 Å². The van der Waals surface area contributed by atoms with E-state index in [0.29, 0.717) is 5.92 Å². The summed E-state index contributed by atoms with van der Waals surface area (Å²) in [7, 11) is 0. The molecule has 0 heterocycles. The summed E-state index contributed by atoms with van der Waals surface area (Å²) in [6, 6.07) is 29.4. The Morgan fingerprint density at radius 1 is 0.781 bits per heavy atom. The Balaban J connectivity index is 1.32. The molecule has 1 saturated carbocycles. The van der Waals surface area contributed by atoms with E-state index < -0.39 is 0 Å². The third kappa shape index (κ3) is 6.00. The largest absolute Gasteiger partial charge is 0.0917 e. The molecule has 32 heavy (non-hydrogen) atoms. The molecule has 0 aliphatic heterocycles. The standard InChI is InChI=1S/C32H38/c1-3-4-6-9-26-12-16-29(17-13-26)31-20-22-32(23-21-31)30-18-14-27(15-19-30)24-25(2)28-10-7-5-8-11-28/h3-5,7-8,10-11,14-15,18-23,25-26,29H,6,9,12-13,16-17,24H2,1-2H3/t25-,26?,29?/m0/s1. The maximum Gasteiger partial charge on any atom is -0.0150 e. The molecule has 0 bridgehead atoms. The Hall–Kier alpha value is -2.60. The van der Waals surface area contributed by atoms with E-state index in [1.54, 1.807) is 0 Å². The lowest BCUT2D eigenvalue weighted by molar-refractivity contribution is 0.312. The normalized spacial score (nSPS) is 19.8. The Labute approximate surface area is 195 Å². The minimum Gasteiger partial charge on any atom is -0.0917 e. The van der Waals surface area contributed by atoms with Gasteiger partial charge in [0.15, 0.2) is 0 Å². The maximum absolute atomic E-state index is 2.38. The van der Waals surface area contributed by atoms with Crippen LogP contribution in [0.2, 0.25) is 0 Å². The first kappa shape index (κ1) is 22.6. The van der Waals surface area contributed by atoms with Crippen LogP contribution in [0.25, 0.3) is 11.1 Å². The molecule has 3 aromatic rings. The summed E-state index contributed by atoms with van der Waals surface area (Å²) < 4.78 is 0. The molecule has 166 valence electrons. The van der Waals surface area contributed by atoms with Gasteiger partial charge in [0.1, 0.15) is 0 Å². The zero-order valence-corrected chi connectivity index (χ0v) is 19.8. The zero-order valence-electron chi connectivity index (χ0n) is 19.8. The van der Waals surface area contributed by atoms with Gasteiger partial charge in [-0.3, -0.25) is 0 Å². The van der Waals surface area contributed by atoms with Crippen LogP contribution in [0.15, 0.2) is 91.0 Å². The van der Waals surface area contributed by atoms with E-state index in [1.165, 1.54) is 66.3 Å². The van der Waals surface area contributed by atoms with Crippen LogP contribution in [0.5, 0.6) is 0 Å². The highest BCUT2D eigenvalue weighted by Crippen LogP contribution is 2.38. The molecule has 1 aliphatic rings. The topological polar surface area (TPSA) is 0 Å². The van der Waals surface area contributed by atoms with Crippen LogP contribution in [-0.2, 0) is 6.42 Å². The van der Waals surface area contributed by atoms with Gasteiger partial charge in [-0.25, -0.2) is 0 Å². The second-order valence-corrected chi connectivity index (χ2v) is 9.70. The molecule has 0 radical (unpaired) electrons. The second-order valence-electron chi connectivity index (χ2n) is 9.70. The Morgan fingerprint density at radius 2 is 1.41 bits per heavy atom. The molecule has 0 amide bonds. The lowest BCUT2D eigenvalue weighted by Crippen LogP contribution is -2.13. The molecular formula is C32H38. The molecule has 1 fully saturated rings. The number of benzene rings is 3. The van der Waals surface area contributed by atoms with Crippen molar-refractivity contribution in [3.63, 3.8) is 0 Å². The Bertz CT molecular complexity index is 955. The van der Waals surface area contributed by atoms with Gasteiger partial charge >= 0.3 is 0 Å². The third-order valence-corrected chi connectivity index (χ3v) is 7.40. The second kappa shape index (κ2) is 11.3. The van der Waals surface area contributed by atoms with Crippen LogP contribution >= 0.6 is 0 Å². The van der Waals surface area contributed by atoms with Gasteiger partial charge in [-0.05, 0) is 97.4 Å². The summed E-state index contributed by atoms with van der Waals surface area (Å²) in [5.41, 5.74) is 7.01. The monoisotopic (exact) mass is 422 g/mol. The maximum atomic E-state index is 2.38. The molecule has 0 unspecified atom stereocenters. The molecule has 0 N–H and O–H groups in total. The van der Waals surface area contributed by atoms with Crippen LogP contribution in [0.4, 0.5) is 0 Å². The van der Waals surface area contributed by atoms with Gasteiger partial charge in [-0.15, -0.1) is 0 Å². The first-order chi connectivity index (χ1) is 15.7. The quantitative estimate of drug-likeness (QED) is 0.317. The summed E-state index contributed by atoms with van der Waals surface area (Å²) in [6.45, 7) is 4.44. The number of hydrogen-bond acceptors (Lipinski definition) is 0. The average Bonchev–Trinajstić information content (AvgIpc) is 2.86. The molecule has 0 heteroatoms. The van der Waals surface area contributed by atoms with Gasteiger partial charge < -0.3 is 0 Å². The average molecular weight is 423 g/mol. The number of allylic oxidation sites excluding steroid dienone is 2. The highest BCUT2D eigenvalue weighted by Gasteiger charge is 2.21. The predicted octanol–water partition coefficient (Wildman–Crippen LogP) is 9.33. The van der Waals surface area contributed by atoms with Gasteiger partial charge in [0.05, 0.1) is 0 Å². The van der Waals surface area contributed by atoms with Gasteiger partial charge in [0.2, 0.25) is 0 Å². The SMILES string of the molecule is CC=CCCC1CCC(c2ccc(-c3ccc(C[C@H](C)c4ccccc4)cc3)cc2)CC1. The third-order valence-electron chi connectivity index (χ3n) is 7.40. The molecule has 3 aromatic carbocycles. The number of rotatable bonds is 8. The van der Waals surface area contributed by atoms with E-state index in [0.717, 1.165) is 18.3 Å². The van der Waals surface area contributed by atoms with Crippen LogP contribution in [0.3, 0.4) is 0 Å². The van der Waals surface area contributed by atoms with Crippen molar-refractivity contribution < 1.29 is 0 Å². The van der Waals surface area contributed by atoms with Gasteiger partial charge in [0.25, 0.3) is 0 Å². The molecule has 1 atom stereocenters. The number of hydrogen-bond donors (Lipinski definition) is 0. The molecule has 0 spiro atoms. The summed E-state index contributed by atoms with van der Waals surface area (Å²) in [5, 5.41) is 0. The molecular weight excluding hydrogens is 384 g/mol. The predicted molar refractivity (Wildman–Crippen MR) is 139 cm³/mol. The van der Waals surface area contributed by atoms with E-state index >= 15 is 0 Å². The van der Waals surface area contributed by atoms with Crippen molar-refractivity contribution in [3.8, 4) is 11.1 Å². The lowest BCUT2D eigenvalue weighted by atomic mass is 9.77. The fourth-order valence-corrected chi connectivity index (χ4v) is 5.32. The van der Waals surface area contributed by atoms with Crippen molar-refractivity contribution in [1.82, 2.24) is 0 Å². The molecule has 4 rings (SSSR count).